The normalized spacial score (nSPS) is 13.5. The van der Waals surface area contributed by atoms with Crippen LogP contribution in [0.15, 0.2) is 5.21 Å². The molecule has 0 radical (unpaired) electrons. The second-order valence-electron chi connectivity index (χ2n) is 9.67. The number of carbonyl (C=O) groups is 1. The van der Waals surface area contributed by atoms with Gasteiger partial charge in [-0.15, -0.1) is 0 Å². The van der Waals surface area contributed by atoms with Gasteiger partial charge in [-0.25, -0.2) is 35.1 Å². The molecular formula is C25H43F9I3NOS10V. The van der Waals surface area contributed by atoms with Crippen LogP contribution in [0.25, 0.3) is 0 Å². The van der Waals surface area contributed by atoms with E-state index in [0.29, 0.717) is 63.6 Å². The first-order chi connectivity index (χ1) is 22.2. The molecule has 0 aromatic heterocycles. The number of thiocarbonyl (C=S) groups is 2. The average molecular weight is 1300 g/mol. The molecular weight excluding hydrogens is 1250 g/mol. The second kappa shape index (κ2) is 37.7. The third-order valence-electron chi connectivity index (χ3n) is 2.42. The average Bonchev–Trinajstić information content (AvgIpc) is 2.80. The fourth-order valence-corrected chi connectivity index (χ4v) is 11.0. The zero-order valence-electron chi connectivity index (χ0n) is 29.2. The molecule has 0 bridgehead atoms. The van der Waals surface area contributed by atoms with Crippen LogP contribution in [0, 0.1) is 0 Å². The Labute approximate surface area is 380 Å². The van der Waals surface area contributed by atoms with E-state index < -0.39 is 46.5 Å². The van der Waals surface area contributed by atoms with Gasteiger partial charge in [0.2, 0.25) is 0 Å². The molecule has 25 heteroatoms. The fourth-order valence-electron chi connectivity index (χ4n) is 1.47. The maximum atomic E-state index is 13.0. The van der Waals surface area contributed by atoms with Crippen LogP contribution in [-0.4, -0.2) is 62.8 Å². The summed E-state index contributed by atoms with van der Waals surface area (Å²) in [4.78, 5) is 12.5. The Morgan fingerprint density at radius 3 is 0.960 bits per heavy atom. The predicted octanol–water partition coefficient (Wildman–Crippen LogP) is 17.6. The summed E-state index contributed by atoms with van der Waals surface area (Å²) in [5.41, 5.74) is -4.59. The van der Waals surface area contributed by atoms with Crippen LogP contribution in [0.1, 0.15) is 83.1 Å². The molecule has 303 valence electrons. The molecule has 0 spiro atoms. The van der Waals surface area contributed by atoms with E-state index in [1.807, 2.05) is 4.93 Å². The van der Waals surface area contributed by atoms with Crippen molar-refractivity contribution in [3.63, 3.8) is 0 Å². The zero-order valence-corrected chi connectivity index (χ0v) is 45.3. The summed E-state index contributed by atoms with van der Waals surface area (Å²) < 4.78 is 112. The Balaban J connectivity index is -0.000000124. The predicted molar refractivity (Wildman–Crippen MR) is 251 cm³/mol. The van der Waals surface area contributed by atoms with Crippen LogP contribution < -0.4 is 0 Å². The van der Waals surface area contributed by atoms with E-state index in [0.717, 1.165) is 47.0 Å². The van der Waals surface area contributed by atoms with Gasteiger partial charge in [0, 0.05) is 0 Å². The van der Waals surface area contributed by atoms with Crippen LogP contribution >= 0.6 is 181 Å². The number of rotatable bonds is 8. The van der Waals surface area contributed by atoms with Crippen LogP contribution in [0.5, 0.6) is 0 Å². The zero-order chi connectivity index (χ0) is 41.7. The van der Waals surface area contributed by atoms with E-state index in [2.05, 4.69) is 80.0 Å². The van der Waals surface area contributed by atoms with Crippen LogP contribution in [0.3, 0.4) is 0 Å². The van der Waals surface area contributed by atoms with E-state index in [4.69, 9.17) is 12.2 Å². The SMILES string of the molecule is CC(C)(F)SC(=NF)SC(C)(C)F.CC(C)(F)SC(=S)SC(C)(C)F.CC(F)SC(=O)SC(C)F.CC(F)SC(=S)SC(C)F.CI.[I][V][I]. The summed E-state index contributed by atoms with van der Waals surface area (Å²) in [5.74, 6) is 0. The molecule has 0 rings (SSSR count). The van der Waals surface area contributed by atoms with Gasteiger partial charge in [-0.3, -0.25) is 4.79 Å². The van der Waals surface area contributed by atoms with E-state index in [1.54, 1.807) is 0 Å². The number of nitrogens with zero attached hydrogens (tertiary/aromatic N) is 1. The Morgan fingerprint density at radius 1 is 0.580 bits per heavy atom. The molecule has 0 N–H and O–H groups in total. The number of hydrogen-bond donors (Lipinski definition) is 0. The van der Waals surface area contributed by atoms with Crippen molar-refractivity contribution in [2.24, 2.45) is 5.21 Å². The number of halogens is 12. The topological polar surface area (TPSA) is 29.4 Å². The van der Waals surface area contributed by atoms with Crippen LogP contribution in [0.2, 0.25) is 0 Å². The minimum atomic E-state index is -1.65. The molecule has 4 atom stereocenters. The van der Waals surface area contributed by atoms with E-state index in [9.17, 15) is 44.4 Å². The van der Waals surface area contributed by atoms with Crippen molar-refractivity contribution in [2.75, 3.05) is 4.93 Å². The summed E-state index contributed by atoms with van der Waals surface area (Å²) in [6.07, 6.45) is 0. The molecule has 0 saturated heterocycles. The van der Waals surface area contributed by atoms with Crippen molar-refractivity contribution < 1.29 is 53.9 Å². The minimum absolute atomic E-state index is 0.236. The van der Waals surface area contributed by atoms with Gasteiger partial charge in [-0.05, 0) is 112 Å². The summed E-state index contributed by atoms with van der Waals surface area (Å²) in [5, 5.41) is -3.82. The fraction of sp³-hybridized carbons (Fsp3) is 0.840. The van der Waals surface area contributed by atoms with Crippen molar-refractivity contribution in [1.82, 2.24) is 0 Å². The van der Waals surface area contributed by atoms with Crippen molar-refractivity contribution >= 4 is 197 Å². The summed E-state index contributed by atoms with van der Waals surface area (Å²) >= 11 is 21.9. The van der Waals surface area contributed by atoms with Gasteiger partial charge in [0.25, 0.3) is 4.45 Å². The van der Waals surface area contributed by atoms with Gasteiger partial charge < -0.3 is 0 Å². The quantitative estimate of drug-likeness (QED) is 0.0581. The van der Waals surface area contributed by atoms with Crippen molar-refractivity contribution in [3.05, 3.63) is 0 Å². The van der Waals surface area contributed by atoms with Crippen molar-refractivity contribution in [2.45, 2.75) is 125 Å². The number of alkyl halides is 9. The van der Waals surface area contributed by atoms with Crippen molar-refractivity contribution in [1.29, 1.82) is 0 Å². The molecule has 4 unspecified atom stereocenters. The summed E-state index contributed by atoms with van der Waals surface area (Å²) in [7, 11) is 0.628. The monoisotopic (exact) mass is 1300 g/mol. The molecule has 0 aromatic carbocycles. The molecule has 0 aliphatic heterocycles. The van der Waals surface area contributed by atoms with E-state index in [-0.39, 0.29) is 4.38 Å². The third kappa shape index (κ3) is 77.1. The maximum absolute atomic E-state index is 13.0. The van der Waals surface area contributed by atoms with Gasteiger partial charge in [-0.1, -0.05) is 127 Å². The first-order valence-corrected chi connectivity index (χ1v) is 31.8. The number of hydrogen-bond acceptors (Lipinski definition) is 12. The Hall–Kier alpha value is 4.46. The number of thioether (sulfide) groups is 8. The molecule has 0 saturated carbocycles. The Kier molecular flexibility index (Phi) is 50.0. The number of carbonyl (C=O) groups excluding carboxylic acids is 1. The first-order valence-electron chi connectivity index (χ1n) is 13.1. The molecule has 0 heterocycles. The van der Waals surface area contributed by atoms with Crippen molar-refractivity contribution in [3.8, 4) is 0 Å². The summed E-state index contributed by atoms with van der Waals surface area (Å²) in [6.45, 7) is 15.9. The molecule has 0 aliphatic carbocycles. The van der Waals surface area contributed by atoms with E-state index >= 15 is 0 Å². The van der Waals surface area contributed by atoms with Gasteiger partial charge in [0.1, 0.15) is 18.1 Å². The molecule has 0 fully saturated rings. The first kappa shape index (κ1) is 66.3. The second-order valence-corrected chi connectivity index (χ2v) is 35.7. The van der Waals surface area contributed by atoms with Gasteiger partial charge in [-0.2, -0.15) is 0 Å². The third-order valence-corrected chi connectivity index (χ3v) is 10.5. The Morgan fingerprint density at radius 2 is 0.800 bits per heavy atom. The molecule has 0 aromatic rings. The Bertz CT molecular complexity index is 821. The van der Waals surface area contributed by atoms with E-state index in [1.165, 1.54) is 83.1 Å². The molecule has 0 aliphatic rings. The molecule has 0 amide bonds. The van der Waals surface area contributed by atoms with Gasteiger partial charge >= 0.3 is 49.4 Å². The van der Waals surface area contributed by atoms with Gasteiger partial charge in [0.15, 0.2) is 35.4 Å². The van der Waals surface area contributed by atoms with Crippen LogP contribution in [-0.2, 0) is 9.47 Å². The standard InChI is InChI=1S/C7H12F3NS2.C7H12F2S3.C5H8F2OS2.C5H8F2S3.CH3I.2HI.V/c1-6(2,8)12-5(11-10)13-7(3,4)9;1-6(2,8)11-5(10)12-7(3,4)9;2*1-3(6)9-5(8)10-4(2)7;1-2;;;/h1-4H3;1-4H3;2*3-4H,1-2H3;1H3;2*1H;/q;;;;;;;+2/p-2. The molecule has 50 heavy (non-hydrogen) atoms. The summed E-state index contributed by atoms with van der Waals surface area (Å²) in [6, 6.07) is 0. The van der Waals surface area contributed by atoms with Crippen LogP contribution in [0.4, 0.5) is 44.4 Å². The molecule has 2 nitrogen and oxygen atoms in total. The van der Waals surface area contributed by atoms with Gasteiger partial charge in [0.05, 0.1) is 0 Å².